The highest BCUT2D eigenvalue weighted by atomic mass is 16.5. The van der Waals surface area contributed by atoms with Crippen LogP contribution in [0.5, 0.6) is 5.75 Å². The van der Waals surface area contributed by atoms with Gasteiger partial charge in [-0.1, -0.05) is 18.2 Å². The van der Waals surface area contributed by atoms with Gasteiger partial charge in [0.25, 0.3) is 0 Å². The molecule has 0 radical (unpaired) electrons. The molecule has 1 aliphatic rings. The summed E-state index contributed by atoms with van der Waals surface area (Å²) in [6, 6.07) is 6.17. The number of aliphatic hydroxyl groups is 1. The Balaban J connectivity index is 2.18. The van der Waals surface area contributed by atoms with Crippen molar-refractivity contribution in [3.05, 3.63) is 29.3 Å². The fourth-order valence-corrected chi connectivity index (χ4v) is 1.77. The van der Waals surface area contributed by atoms with E-state index in [1.807, 2.05) is 6.07 Å². The van der Waals surface area contributed by atoms with Gasteiger partial charge in [-0.15, -0.1) is 0 Å². The SMILES string of the molecule is Cc1cccc2c1OCN(CCO)C2. The fraction of sp³-hybridized carbons (Fsp3) is 0.455. The zero-order valence-corrected chi connectivity index (χ0v) is 8.36. The Morgan fingerprint density at radius 1 is 1.50 bits per heavy atom. The average Bonchev–Trinajstić information content (AvgIpc) is 2.18. The maximum absolute atomic E-state index is 8.82. The smallest absolute Gasteiger partial charge is 0.142 e. The summed E-state index contributed by atoms with van der Waals surface area (Å²) >= 11 is 0. The highest BCUT2D eigenvalue weighted by Gasteiger charge is 2.17. The third-order valence-electron chi connectivity index (χ3n) is 2.50. The number of β-amino-alcohol motifs (C(OH)–C–C–N with tert-alkyl or cyclic N) is 1. The molecule has 3 nitrogen and oxygen atoms in total. The van der Waals surface area contributed by atoms with Crippen LogP contribution in [0.4, 0.5) is 0 Å². The van der Waals surface area contributed by atoms with E-state index in [-0.39, 0.29) is 6.61 Å². The first-order valence-electron chi connectivity index (χ1n) is 4.86. The number of hydrogen-bond acceptors (Lipinski definition) is 3. The molecule has 0 unspecified atom stereocenters. The van der Waals surface area contributed by atoms with Crippen molar-refractivity contribution in [3.8, 4) is 5.75 Å². The molecule has 0 fully saturated rings. The Bertz CT molecular complexity index is 325. The molecule has 0 amide bonds. The number of para-hydroxylation sites is 1. The summed E-state index contributed by atoms with van der Waals surface area (Å²) in [6.07, 6.45) is 0. The average molecular weight is 193 g/mol. The van der Waals surface area contributed by atoms with Crippen LogP contribution >= 0.6 is 0 Å². The minimum Gasteiger partial charge on any atom is -0.478 e. The first-order chi connectivity index (χ1) is 6.81. The van der Waals surface area contributed by atoms with E-state index < -0.39 is 0 Å². The topological polar surface area (TPSA) is 32.7 Å². The first kappa shape index (κ1) is 9.49. The summed E-state index contributed by atoms with van der Waals surface area (Å²) in [6.45, 7) is 4.37. The van der Waals surface area contributed by atoms with Crippen molar-refractivity contribution < 1.29 is 9.84 Å². The van der Waals surface area contributed by atoms with Crippen LogP contribution in [0.1, 0.15) is 11.1 Å². The molecule has 0 bridgehead atoms. The summed E-state index contributed by atoms with van der Waals surface area (Å²) in [7, 11) is 0. The molecular formula is C11H15NO2. The molecule has 76 valence electrons. The standard InChI is InChI=1S/C11H15NO2/c1-9-3-2-4-10-7-12(5-6-13)8-14-11(9)10/h2-4,13H,5-8H2,1H3. The van der Waals surface area contributed by atoms with Gasteiger partial charge in [-0.3, -0.25) is 4.90 Å². The molecular weight excluding hydrogens is 178 g/mol. The third kappa shape index (κ3) is 1.74. The number of benzene rings is 1. The van der Waals surface area contributed by atoms with Crippen LogP contribution in [0.2, 0.25) is 0 Å². The molecule has 1 aliphatic heterocycles. The second-order valence-corrected chi connectivity index (χ2v) is 3.61. The van der Waals surface area contributed by atoms with Gasteiger partial charge in [-0.2, -0.15) is 0 Å². The van der Waals surface area contributed by atoms with Crippen molar-refractivity contribution in [1.82, 2.24) is 4.90 Å². The van der Waals surface area contributed by atoms with E-state index in [0.29, 0.717) is 13.3 Å². The molecule has 1 heterocycles. The van der Waals surface area contributed by atoms with Crippen molar-refractivity contribution in [2.45, 2.75) is 13.5 Å². The molecule has 1 aromatic rings. The molecule has 0 atom stereocenters. The van der Waals surface area contributed by atoms with Crippen LogP contribution in [0.15, 0.2) is 18.2 Å². The second kappa shape index (κ2) is 3.98. The summed E-state index contributed by atoms with van der Waals surface area (Å²) in [5.74, 6) is 1.02. The quantitative estimate of drug-likeness (QED) is 0.764. The Labute approximate surface area is 83.9 Å². The minimum absolute atomic E-state index is 0.185. The van der Waals surface area contributed by atoms with Crippen LogP contribution in [0.3, 0.4) is 0 Å². The van der Waals surface area contributed by atoms with Crippen LogP contribution in [0, 0.1) is 6.92 Å². The van der Waals surface area contributed by atoms with Gasteiger partial charge >= 0.3 is 0 Å². The second-order valence-electron chi connectivity index (χ2n) is 3.61. The monoisotopic (exact) mass is 193 g/mol. The number of aliphatic hydroxyl groups excluding tert-OH is 1. The normalized spacial score (nSPS) is 16.1. The molecule has 1 aromatic carbocycles. The van der Waals surface area contributed by atoms with E-state index in [1.54, 1.807) is 0 Å². The highest BCUT2D eigenvalue weighted by molar-refractivity contribution is 5.41. The van der Waals surface area contributed by atoms with Gasteiger partial charge in [0.05, 0.1) is 6.61 Å². The summed E-state index contributed by atoms with van der Waals surface area (Å²) in [5.41, 5.74) is 2.40. The van der Waals surface area contributed by atoms with E-state index in [1.165, 1.54) is 11.1 Å². The van der Waals surface area contributed by atoms with Gasteiger partial charge in [0, 0.05) is 18.7 Å². The number of aryl methyl sites for hydroxylation is 1. The molecule has 2 rings (SSSR count). The Morgan fingerprint density at radius 2 is 2.36 bits per heavy atom. The molecule has 14 heavy (non-hydrogen) atoms. The molecule has 0 saturated carbocycles. The number of nitrogens with zero attached hydrogens (tertiary/aromatic N) is 1. The molecule has 0 saturated heterocycles. The van der Waals surface area contributed by atoms with Crippen LogP contribution < -0.4 is 4.74 Å². The maximum Gasteiger partial charge on any atom is 0.142 e. The lowest BCUT2D eigenvalue weighted by Gasteiger charge is -2.29. The van der Waals surface area contributed by atoms with Crippen molar-refractivity contribution in [2.75, 3.05) is 19.9 Å². The van der Waals surface area contributed by atoms with Crippen LogP contribution in [0.25, 0.3) is 0 Å². The van der Waals surface area contributed by atoms with E-state index in [0.717, 1.165) is 12.3 Å². The third-order valence-corrected chi connectivity index (χ3v) is 2.50. The van der Waals surface area contributed by atoms with E-state index >= 15 is 0 Å². The predicted molar refractivity (Wildman–Crippen MR) is 54.2 cm³/mol. The Morgan fingerprint density at radius 3 is 3.14 bits per heavy atom. The van der Waals surface area contributed by atoms with E-state index in [9.17, 15) is 0 Å². The van der Waals surface area contributed by atoms with Gasteiger partial charge in [-0.25, -0.2) is 0 Å². The molecule has 1 N–H and O–H groups in total. The summed E-state index contributed by atoms with van der Waals surface area (Å²) < 4.78 is 5.63. The Kier molecular flexibility index (Phi) is 2.70. The van der Waals surface area contributed by atoms with Crippen molar-refractivity contribution >= 4 is 0 Å². The molecule has 0 aliphatic carbocycles. The van der Waals surface area contributed by atoms with E-state index in [4.69, 9.17) is 9.84 Å². The zero-order valence-electron chi connectivity index (χ0n) is 8.36. The molecule has 3 heteroatoms. The highest BCUT2D eigenvalue weighted by Crippen LogP contribution is 2.27. The van der Waals surface area contributed by atoms with Crippen LogP contribution in [-0.4, -0.2) is 29.9 Å². The lowest BCUT2D eigenvalue weighted by atomic mass is 10.1. The number of hydrogen-bond donors (Lipinski definition) is 1. The van der Waals surface area contributed by atoms with Gasteiger partial charge < -0.3 is 9.84 Å². The summed E-state index contributed by atoms with van der Waals surface area (Å²) in [4.78, 5) is 2.09. The largest absolute Gasteiger partial charge is 0.478 e. The Hall–Kier alpha value is -1.06. The van der Waals surface area contributed by atoms with Gasteiger partial charge in [0.1, 0.15) is 12.5 Å². The predicted octanol–water partition coefficient (Wildman–Crippen LogP) is 1.14. The van der Waals surface area contributed by atoms with Gasteiger partial charge in [0.2, 0.25) is 0 Å². The molecule has 0 spiro atoms. The van der Waals surface area contributed by atoms with Crippen molar-refractivity contribution in [1.29, 1.82) is 0 Å². The summed E-state index contributed by atoms with van der Waals surface area (Å²) in [5, 5.41) is 8.82. The zero-order chi connectivity index (χ0) is 9.97. The van der Waals surface area contributed by atoms with Crippen LogP contribution in [-0.2, 0) is 6.54 Å². The van der Waals surface area contributed by atoms with Gasteiger partial charge in [-0.05, 0) is 12.5 Å². The molecule has 0 aromatic heterocycles. The minimum atomic E-state index is 0.185. The number of fused-ring (bicyclic) bond motifs is 1. The van der Waals surface area contributed by atoms with E-state index in [2.05, 4.69) is 24.0 Å². The van der Waals surface area contributed by atoms with Gasteiger partial charge in [0.15, 0.2) is 0 Å². The van der Waals surface area contributed by atoms with Crippen molar-refractivity contribution in [2.24, 2.45) is 0 Å². The first-order valence-corrected chi connectivity index (χ1v) is 4.86. The lowest BCUT2D eigenvalue weighted by molar-refractivity contribution is 0.0765. The lowest BCUT2D eigenvalue weighted by Crippen LogP contribution is -2.34. The maximum atomic E-state index is 8.82. The fourth-order valence-electron chi connectivity index (χ4n) is 1.77. The number of ether oxygens (including phenoxy) is 1. The van der Waals surface area contributed by atoms with Crippen molar-refractivity contribution in [3.63, 3.8) is 0 Å². The number of rotatable bonds is 2.